The van der Waals surface area contributed by atoms with Gasteiger partial charge in [-0.05, 0) is 62.2 Å². The van der Waals surface area contributed by atoms with Gasteiger partial charge >= 0.3 is 36.4 Å². The highest BCUT2D eigenvalue weighted by Crippen LogP contribution is 2.39. The van der Waals surface area contributed by atoms with E-state index in [0.29, 0.717) is 18.1 Å². The molecule has 2 aliphatic rings. The number of alkyl halides is 9. The molecule has 1 spiro atoms. The van der Waals surface area contributed by atoms with Crippen molar-refractivity contribution >= 4 is 17.9 Å². The van der Waals surface area contributed by atoms with Crippen LogP contribution in [-0.4, -0.2) is 105 Å². The lowest BCUT2D eigenvalue weighted by atomic mass is 9.75. The van der Waals surface area contributed by atoms with Crippen molar-refractivity contribution in [2.75, 3.05) is 33.3 Å². The van der Waals surface area contributed by atoms with Crippen LogP contribution in [0.2, 0.25) is 0 Å². The molecular formula is C26H30F9N3O8. The van der Waals surface area contributed by atoms with Gasteiger partial charge in [-0.2, -0.15) is 39.5 Å². The van der Waals surface area contributed by atoms with E-state index in [-0.39, 0.29) is 0 Å². The van der Waals surface area contributed by atoms with E-state index >= 15 is 0 Å². The number of halogens is 9. The van der Waals surface area contributed by atoms with E-state index in [1.165, 1.54) is 18.4 Å². The number of carboxylic acid groups (broad SMARTS) is 3. The number of aromatic nitrogens is 1. The Morgan fingerprint density at radius 1 is 0.913 bits per heavy atom. The number of furan rings is 1. The van der Waals surface area contributed by atoms with Crippen molar-refractivity contribution in [3.05, 3.63) is 54.2 Å². The molecule has 2 saturated heterocycles. The molecule has 20 heteroatoms. The number of hydrogen-bond donors (Lipinski definition) is 3. The SMILES string of the molecule is CN1CCC(COCc2ccncc2)CC12CN(Cc1ccco1)C2.O=C(O)C(F)(F)F.O=C(O)C(F)(F)F.O=C(O)C(F)(F)F. The molecule has 11 nitrogen and oxygen atoms in total. The van der Waals surface area contributed by atoms with Crippen molar-refractivity contribution in [2.45, 2.75) is 50.1 Å². The summed E-state index contributed by atoms with van der Waals surface area (Å²) in [6.45, 7) is 5.89. The maximum absolute atomic E-state index is 10.6. The number of rotatable bonds is 6. The van der Waals surface area contributed by atoms with Gasteiger partial charge in [-0.15, -0.1) is 0 Å². The first-order valence-electron chi connectivity index (χ1n) is 12.9. The summed E-state index contributed by atoms with van der Waals surface area (Å²) in [5, 5.41) is 21.4. The molecule has 1 atom stereocenters. The lowest BCUT2D eigenvalue weighted by Crippen LogP contribution is -2.71. The number of carbonyl (C=O) groups is 3. The number of hydrogen-bond acceptors (Lipinski definition) is 8. The number of likely N-dealkylation sites (N-methyl/N-ethyl adjacent to an activating group) is 1. The van der Waals surface area contributed by atoms with Crippen molar-refractivity contribution in [3.8, 4) is 0 Å². The lowest BCUT2D eigenvalue weighted by Gasteiger charge is -2.58. The topological polar surface area (TPSA) is 154 Å². The summed E-state index contributed by atoms with van der Waals surface area (Å²) >= 11 is 0. The first-order valence-corrected chi connectivity index (χ1v) is 12.9. The van der Waals surface area contributed by atoms with Crippen LogP contribution >= 0.6 is 0 Å². The Hall–Kier alpha value is -3.91. The van der Waals surface area contributed by atoms with Crippen LogP contribution in [0.3, 0.4) is 0 Å². The molecule has 4 rings (SSSR count). The third kappa shape index (κ3) is 14.5. The molecular weight excluding hydrogens is 653 g/mol. The standard InChI is InChI=1S/C20H27N3O2.3C2HF3O2/c1-22-9-6-18(14-24-13-17-4-7-21-8-5-17)11-20(22)15-23(16-20)12-19-3-2-10-25-19;3*3-2(4,5)1(6)7/h2-5,7-8,10,18H,6,9,11-16H2,1H3;3*(H,6,7). The van der Waals surface area contributed by atoms with Crippen molar-refractivity contribution in [3.63, 3.8) is 0 Å². The molecule has 2 aromatic heterocycles. The second kappa shape index (κ2) is 17.1. The summed E-state index contributed by atoms with van der Waals surface area (Å²) in [6.07, 6.45) is -7.38. The number of aliphatic carboxylic acids is 3. The van der Waals surface area contributed by atoms with Gasteiger partial charge in [0.05, 0.1) is 19.4 Å². The van der Waals surface area contributed by atoms with E-state index < -0.39 is 36.4 Å². The molecule has 0 aromatic carbocycles. The highest BCUT2D eigenvalue weighted by atomic mass is 19.4. The number of ether oxygens (including phenoxy) is 1. The summed E-state index contributed by atoms with van der Waals surface area (Å²) in [7, 11) is 2.28. The van der Waals surface area contributed by atoms with Crippen LogP contribution < -0.4 is 0 Å². The number of nitrogens with zero attached hydrogens (tertiary/aromatic N) is 3. The van der Waals surface area contributed by atoms with Crippen molar-refractivity contribution in [1.29, 1.82) is 0 Å². The number of likely N-dealkylation sites (tertiary alicyclic amines) is 2. The van der Waals surface area contributed by atoms with Crippen LogP contribution in [0, 0.1) is 5.92 Å². The maximum Gasteiger partial charge on any atom is 0.490 e. The van der Waals surface area contributed by atoms with E-state index in [2.05, 4.69) is 27.9 Å². The zero-order valence-corrected chi connectivity index (χ0v) is 23.9. The third-order valence-electron chi connectivity index (χ3n) is 6.45. The minimum Gasteiger partial charge on any atom is -0.475 e. The zero-order chi connectivity index (χ0) is 35.3. The maximum atomic E-state index is 10.6. The average Bonchev–Trinajstić information content (AvgIpc) is 3.43. The summed E-state index contributed by atoms with van der Waals surface area (Å²) < 4.78 is 107. The number of carboxylic acids is 3. The lowest BCUT2D eigenvalue weighted by molar-refractivity contribution is -0.193. The van der Waals surface area contributed by atoms with Crippen LogP contribution in [-0.2, 0) is 32.3 Å². The molecule has 260 valence electrons. The Labute approximate surface area is 255 Å². The number of piperidine rings is 1. The van der Waals surface area contributed by atoms with Crippen LogP contribution in [0.4, 0.5) is 39.5 Å². The molecule has 0 bridgehead atoms. The third-order valence-corrected chi connectivity index (χ3v) is 6.45. The van der Waals surface area contributed by atoms with Gasteiger partial charge < -0.3 is 24.5 Å². The van der Waals surface area contributed by atoms with E-state index in [9.17, 15) is 39.5 Å². The van der Waals surface area contributed by atoms with Crippen molar-refractivity contribution in [1.82, 2.24) is 14.8 Å². The summed E-state index contributed by atoms with van der Waals surface area (Å²) in [5.74, 6) is -6.55. The smallest absolute Gasteiger partial charge is 0.475 e. The van der Waals surface area contributed by atoms with Gasteiger partial charge in [0.2, 0.25) is 0 Å². The van der Waals surface area contributed by atoms with Gasteiger partial charge in [-0.3, -0.25) is 14.8 Å². The first-order chi connectivity index (χ1) is 21.1. The molecule has 4 heterocycles. The fourth-order valence-corrected chi connectivity index (χ4v) is 4.26. The fraction of sp³-hybridized carbons (Fsp3) is 0.538. The second-order valence-electron chi connectivity index (χ2n) is 10.0. The van der Waals surface area contributed by atoms with E-state index in [1.54, 1.807) is 6.26 Å². The minimum atomic E-state index is -5.08. The highest BCUT2D eigenvalue weighted by Gasteiger charge is 2.49. The molecule has 3 N–H and O–H groups in total. The molecule has 0 aliphatic carbocycles. The van der Waals surface area contributed by atoms with Crippen LogP contribution in [0.5, 0.6) is 0 Å². The Balaban J connectivity index is 0.000000413. The Bertz CT molecular complexity index is 1160. The predicted molar refractivity (Wildman–Crippen MR) is 137 cm³/mol. The predicted octanol–water partition coefficient (Wildman–Crippen LogP) is 4.69. The largest absolute Gasteiger partial charge is 0.490 e. The Morgan fingerprint density at radius 3 is 1.80 bits per heavy atom. The Morgan fingerprint density at radius 2 is 1.39 bits per heavy atom. The van der Waals surface area contributed by atoms with Gasteiger partial charge in [0, 0.05) is 37.6 Å². The second-order valence-corrected chi connectivity index (χ2v) is 10.0. The minimum absolute atomic E-state index is 0.329. The first kappa shape index (κ1) is 40.1. The molecule has 46 heavy (non-hydrogen) atoms. The van der Waals surface area contributed by atoms with E-state index in [1.807, 2.05) is 30.6 Å². The van der Waals surface area contributed by atoms with Gasteiger partial charge in [-0.1, -0.05) is 0 Å². The molecule has 2 aliphatic heterocycles. The summed E-state index contributed by atoms with van der Waals surface area (Å²) in [6, 6.07) is 8.07. The van der Waals surface area contributed by atoms with Crippen molar-refractivity contribution < 1.29 is 78.4 Å². The average molecular weight is 684 g/mol. The monoisotopic (exact) mass is 683 g/mol. The molecule has 2 fully saturated rings. The number of pyridine rings is 1. The molecule has 1 unspecified atom stereocenters. The molecule has 0 amide bonds. The molecule has 0 saturated carbocycles. The highest BCUT2D eigenvalue weighted by molar-refractivity contribution is 5.73. The fourth-order valence-electron chi connectivity index (χ4n) is 4.26. The van der Waals surface area contributed by atoms with Gasteiger partial charge in [0.15, 0.2) is 0 Å². The normalized spacial score (nSPS) is 18.0. The molecule has 2 aromatic rings. The van der Waals surface area contributed by atoms with E-state index in [0.717, 1.165) is 38.5 Å². The van der Waals surface area contributed by atoms with Gasteiger partial charge in [-0.25, -0.2) is 14.4 Å². The van der Waals surface area contributed by atoms with Crippen molar-refractivity contribution in [2.24, 2.45) is 5.92 Å². The van der Waals surface area contributed by atoms with Crippen LogP contribution in [0.15, 0.2) is 47.3 Å². The van der Waals surface area contributed by atoms with E-state index in [4.69, 9.17) is 38.9 Å². The zero-order valence-electron chi connectivity index (χ0n) is 23.9. The van der Waals surface area contributed by atoms with Crippen LogP contribution in [0.1, 0.15) is 24.2 Å². The van der Waals surface area contributed by atoms with Gasteiger partial charge in [0.1, 0.15) is 5.76 Å². The summed E-state index contributed by atoms with van der Waals surface area (Å²) in [4.78, 5) is 35.8. The quantitative estimate of drug-likeness (QED) is 0.364. The summed E-state index contributed by atoms with van der Waals surface area (Å²) in [5.41, 5.74) is 1.53. The van der Waals surface area contributed by atoms with Gasteiger partial charge in [0.25, 0.3) is 0 Å². The van der Waals surface area contributed by atoms with Crippen LogP contribution in [0.25, 0.3) is 0 Å². The molecule has 0 radical (unpaired) electrons. The Kier molecular flexibility index (Phi) is 14.9.